The first kappa shape index (κ1) is 12.8. The average molecular weight is 297 g/mol. The second kappa shape index (κ2) is 4.72. The number of thioether (sulfide) groups is 1. The topological polar surface area (TPSA) is 49.4 Å². The molecule has 4 nitrogen and oxygen atoms in total. The van der Waals surface area contributed by atoms with Crippen LogP contribution in [0.5, 0.6) is 0 Å². The highest BCUT2D eigenvalue weighted by atomic mass is 35.5. The molecule has 1 atom stereocenters. The van der Waals surface area contributed by atoms with E-state index in [4.69, 9.17) is 11.6 Å². The molecule has 3 amide bonds. The molecule has 3 rings (SSSR count). The Hall–Kier alpha value is -1.20. The first-order valence-corrected chi connectivity index (χ1v) is 7.60. The van der Waals surface area contributed by atoms with Gasteiger partial charge < -0.3 is 5.32 Å². The number of carbonyl (C=O) groups excluding carboxylic acids is 2. The van der Waals surface area contributed by atoms with Crippen molar-refractivity contribution in [2.45, 2.75) is 18.5 Å². The number of nitrogens with one attached hydrogen (secondary N) is 1. The van der Waals surface area contributed by atoms with Crippen molar-refractivity contribution in [3.63, 3.8) is 0 Å². The van der Waals surface area contributed by atoms with E-state index >= 15 is 0 Å². The van der Waals surface area contributed by atoms with Crippen LogP contribution in [0, 0.1) is 0 Å². The molecule has 2 fully saturated rings. The molecule has 1 N–H and O–H groups in total. The van der Waals surface area contributed by atoms with Crippen molar-refractivity contribution in [3.05, 3.63) is 34.9 Å². The maximum absolute atomic E-state index is 12.4. The third-order valence-electron chi connectivity index (χ3n) is 3.52. The standard InChI is InChI=1S/C13H13ClN2O2S/c14-10-3-1-9(2-4-10)7-16-11(17)13(15-12(16)18)5-6-19-8-13/h1-4H,5-8H2,(H,15,18). The highest BCUT2D eigenvalue weighted by molar-refractivity contribution is 7.99. The number of hydrogen-bond acceptors (Lipinski definition) is 3. The Morgan fingerprint density at radius 1 is 1.32 bits per heavy atom. The minimum atomic E-state index is -0.659. The maximum Gasteiger partial charge on any atom is 0.325 e. The van der Waals surface area contributed by atoms with Crippen LogP contribution in [-0.2, 0) is 11.3 Å². The van der Waals surface area contributed by atoms with Crippen molar-refractivity contribution < 1.29 is 9.59 Å². The van der Waals surface area contributed by atoms with E-state index in [-0.39, 0.29) is 11.9 Å². The largest absolute Gasteiger partial charge is 0.325 e. The lowest BCUT2D eigenvalue weighted by Gasteiger charge is -2.19. The van der Waals surface area contributed by atoms with Crippen molar-refractivity contribution >= 4 is 35.3 Å². The molecular formula is C13H13ClN2O2S. The van der Waals surface area contributed by atoms with Gasteiger partial charge >= 0.3 is 6.03 Å². The highest BCUT2D eigenvalue weighted by Gasteiger charge is 2.52. The zero-order valence-corrected chi connectivity index (χ0v) is 11.8. The van der Waals surface area contributed by atoms with Gasteiger partial charge in [-0.3, -0.25) is 9.69 Å². The fourth-order valence-electron chi connectivity index (χ4n) is 2.42. The summed E-state index contributed by atoms with van der Waals surface area (Å²) in [5.74, 6) is 1.49. The Morgan fingerprint density at radius 2 is 2.05 bits per heavy atom. The molecule has 1 aromatic rings. The predicted octanol–water partition coefficient (Wildman–Crippen LogP) is 2.27. The molecule has 0 aliphatic carbocycles. The van der Waals surface area contributed by atoms with Gasteiger partial charge in [-0.2, -0.15) is 11.8 Å². The van der Waals surface area contributed by atoms with Crippen LogP contribution in [0.4, 0.5) is 4.79 Å². The van der Waals surface area contributed by atoms with Crippen LogP contribution in [-0.4, -0.2) is 33.9 Å². The van der Waals surface area contributed by atoms with Crippen LogP contribution in [0.25, 0.3) is 0 Å². The molecule has 2 saturated heterocycles. The maximum atomic E-state index is 12.4. The number of nitrogens with zero attached hydrogens (tertiary/aromatic N) is 1. The van der Waals surface area contributed by atoms with Gasteiger partial charge in [0, 0.05) is 10.8 Å². The predicted molar refractivity (Wildman–Crippen MR) is 75.2 cm³/mol. The second-order valence-electron chi connectivity index (χ2n) is 4.83. The summed E-state index contributed by atoms with van der Waals surface area (Å²) in [4.78, 5) is 25.7. The molecule has 6 heteroatoms. The lowest BCUT2D eigenvalue weighted by atomic mass is 9.99. The van der Waals surface area contributed by atoms with Crippen LogP contribution in [0.15, 0.2) is 24.3 Å². The smallest absolute Gasteiger partial charge is 0.322 e. The minimum absolute atomic E-state index is 0.0996. The van der Waals surface area contributed by atoms with Crippen molar-refractivity contribution in [3.8, 4) is 0 Å². The molecule has 1 spiro atoms. The summed E-state index contributed by atoms with van der Waals surface area (Å²) in [6.07, 6.45) is 0.722. The van der Waals surface area contributed by atoms with E-state index in [2.05, 4.69) is 5.32 Å². The van der Waals surface area contributed by atoms with Gasteiger partial charge in [-0.15, -0.1) is 0 Å². The summed E-state index contributed by atoms with van der Waals surface area (Å²) in [6, 6.07) is 6.89. The van der Waals surface area contributed by atoms with Gasteiger partial charge in [0.05, 0.1) is 6.54 Å². The van der Waals surface area contributed by atoms with E-state index in [1.165, 1.54) is 4.90 Å². The number of amides is 3. The Kier molecular flexibility index (Phi) is 3.19. The summed E-state index contributed by atoms with van der Waals surface area (Å²) in [5, 5.41) is 3.49. The molecule has 2 aliphatic heterocycles. The molecule has 1 unspecified atom stereocenters. The number of benzene rings is 1. The van der Waals surface area contributed by atoms with Crippen LogP contribution >= 0.6 is 23.4 Å². The number of imide groups is 1. The normalized spacial score (nSPS) is 26.3. The Balaban J connectivity index is 1.79. The van der Waals surface area contributed by atoms with E-state index in [0.29, 0.717) is 17.3 Å². The zero-order valence-electron chi connectivity index (χ0n) is 10.2. The Bertz CT molecular complexity index is 526. The fraction of sp³-hybridized carbons (Fsp3) is 0.385. The van der Waals surface area contributed by atoms with Crippen molar-refractivity contribution in [1.29, 1.82) is 0 Å². The Morgan fingerprint density at radius 3 is 2.68 bits per heavy atom. The molecule has 0 radical (unpaired) electrons. The van der Waals surface area contributed by atoms with E-state index in [0.717, 1.165) is 17.7 Å². The molecule has 2 heterocycles. The monoisotopic (exact) mass is 296 g/mol. The quantitative estimate of drug-likeness (QED) is 0.852. The van der Waals surface area contributed by atoms with E-state index < -0.39 is 5.54 Å². The molecule has 19 heavy (non-hydrogen) atoms. The van der Waals surface area contributed by atoms with Gasteiger partial charge in [0.15, 0.2) is 0 Å². The zero-order chi connectivity index (χ0) is 13.5. The van der Waals surface area contributed by atoms with Crippen molar-refractivity contribution in [2.24, 2.45) is 0 Å². The van der Waals surface area contributed by atoms with Crippen LogP contribution in [0.2, 0.25) is 5.02 Å². The van der Waals surface area contributed by atoms with Crippen LogP contribution < -0.4 is 5.32 Å². The summed E-state index contributed by atoms with van der Waals surface area (Å²) < 4.78 is 0. The number of rotatable bonds is 2. The lowest BCUT2D eigenvalue weighted by Crippen LogP contribution is -2.46. The third kappa shape index (κ3) is 2.21. The lowest BCUT2D eigenvalue weighted by molar-refractivity contribution is -0.130. The number of carbonyl (C=O) groups is 2. The highest BCUT2D eigenvalue weighted by Crippen LogP contribution is 2.33. The van der Waals surface area contributed by atoms with Crippen LogP contribution in [0.1, 0.15) is 12.0 Å². The third-order valence-corrected chi connectivity index (χ3v) is 4.96. The molecule has 100 valence electrons. The molecule has 0 bridgehead atoms. The second-order valence-corrected chi connectivity index (χ2v) is 6.37. The van der Waals surface area contributed by atoms with Gasteiger partial charge in [-0.25, -0.2) is 4.79 Å². The van der Waals surface area contributed by atoms with Crippen molar-refractivity contribution in [1.82, 2.24) is 10.2 Å². The summed E-state index contributed by atoms with van der Waals surface area (Å²) >= 11 is 7.53. The van der Waals surface area contributed by atoms with E-state index in [1.54, 1.807) is 23.9 Å². The number of urea groups is 1. The minimum Gasteiger partial charge on any atom is -0.322 e. The molecule has 1 aromatic carbocycles. The van der Waals surface area contributed by atoms with Gasteiger partial charge in [0.25, 0.3) is 5.91 Å². The fourth-order valence-corrected chi connectivity index (χ4v) is 3.88. The SMILES string of the molecule is O=C1NC2(CCSC2)C(=O)N1Cc1ccc(Cl)cc1. The summed E-state index contributed by atoms with van der Waals surface area (Å²) in [6.45, 7) is 0.300. The first-order valence-electron chi connectivity index (χ1n) is 6.07. The van der Waals surface area contributed by atoms with Crippen molar-refractivity contribution in [2.75, 3.05) is 11.5 Å². The molecular weight excluding hydrogens is 284 g/mol. The average Bonchev–Trinajstić information content (AvgIpc) is 2.94. The molecule has 0 aromatic heterocycles. The number of halogens is 1. The molecule has 2 aliphatic rings. The summed E-state index contributed by atoms with van der Waals surface area (Å²) in [5.41, 5.74) is 0.240. The van der Waals surface area contributed by atoms with E-state index in [9.17, 15) is 9.59 Å². The van der Waals surface area contributed by atoms with Gasteiger partial charge in [-0.1, -0.05) is 23.7 Å². The summed E-state index contributed by atoms with van der Waals surface area (Å²) in [7, 11) is 0. The van der Waals surface area contributed by atoms with Gasteiger partial charge in [0.1, 0.15) is 5.54 Å². The molecule has 0 saturated carbocycles. The number of hydrogen-bond donors (Lipinski definition) is 1. The van der Waals surface area contributed by atoms with Gasteiger partial charge in [0.2, 0.25) is 0 Å². The van der Waals surface area contributed by atoms with E-state index in [1.807, 2.05) is 12.1 Å². The Labute approximate surface area is 120 Å². The van der Waals surface area contributed by atoms with Gasteiger partial charge in [-0.05, 0) is 29.9 Å². The van der Waals surface area contributed by atoms with Crippen LogP contribution in [0.3, 0.4) is 0 Å². The first-order chi connectivity index (χ1) is 9.11.